The summed E-state index contributed by atoms with van der Waals surface area (Å²) in [7, 11) is 0. The van der Waals surface area contributed by atoms with Gasteiger partial charge in [-0.1, -0.05) is 36.4 Å². The fourth-order valence-electron chi connectivity index (χ4n) is 4.30. The zero-order chi connectivity index (χ0) is 20.9. The number of hydrogen-bond donors (Lipinski definition) is 1. The van der Waals surface area contributed by atoms with Gasteiger partial charge < -0.3 is 15.1 Å². The highest BCUT2D eigenvalue weighted by molar-refractivity contribution is 5.94. The van der Waals surface area contributed by atoms with Gasteiger partial charge in [-0.05, 0) is 55.5 Å². The van der Waals surface area contributed by atoms with Crippen LogP contribution in [0.2, 0.25) is 0 Å². The SMILES string of the molecule is CCN1CCc2ccc(NC(=O)C3CCN(C(=O)/C=C/c4ccccc4)CC3)cc21. The minimum absolute atomic E-state index is 0.0102. The van der Waals surface area contributed by atoms with E-state index in [2.05, 4.69) is 29.3 Å². The second-order valence-electron chi connectivity index (χ2n) is 8.01. The van der Waals surface area contributed by atoms with Crippen molar-refractivity contribution in [2.75, 3.05) is 36.4 Å². The highest BCUT2D eigenvalue weighted by Crippen LogP contribution is 2.31. The van der Waals surface area contributed by atoms with E-state index in [0.29, 0.717) is 25.9 Å². The quantitative estimate of drug-likeness (QED) is 0.769. The number of likely N-dealkylation sites (N-methyl/N-ethyl adjacent to an activating group) is 1. The van der Waals surface area contributed by atoms with E-state index in [1.54, 1.807) is 6.08 Å². The number of amides is 2. The molecule has 1 saturated heterocycles. The largest absolute Gasteiger partial charge is 0.371 e. The third-order valence-electron chi connectivity index (χ3n) is 6.12. The number of nitrogens with one attached hydrogen (secondary N) is 1. The van der Waals surface area contributed by atoms with E-state index in [9.17, 15) is 9.59 Å². The second kappa shape index (κ2) is 9.16. The van der Waals surface area contributed by atoms with Crippen molar-refractivity contribution in [2.24, 2.45) is 5.92 Å². The average Bonchev–Trinajstić information content (AvgIpc) is 3.20. The van der Waals surface area contributed by atoms with Gasteiger partial charge in [0.25, 0.3) is 0 Å². The zero-order valence-corrected chi connectivity index (χ0v) is 17.5. The van der Waals surface area contributed by atoms with E-state index < -0.39 is 0 Å². The molecule has 2 aliphatic rings. The van der Waals surface area contributed by atoms with Crippen molar-refractivity contribution in [1.82, 2.24) is 4.90 Å². The van der Waals surface area contributed by atoms with Gasteiger partial charge in [0.05, 0.1) is 0 Å². The van der Waals surface area contributed by atoms with Crippen LogP contribution in [0.3, 0.4) is 0 Å². The Kier molecular flexibility index (Phi) is 6.17. The molecule has 0 aliphatic carbocycles. The summed E-state index contributed by atoms with van der Waals surface area (Å²) in [5, 5.41) is 3.09. The van der Waals surface area contributed by atoms with E-state index in [-0.39, 0.29) is 17.7 Å². The van der Waals surface area contributed by atoms with Crippen molar-refractivity contribution in [3.63, 3.8) is 0 Å². The van der Waals surface area contributed by atoms with Crippen LogP contribution in [0.25, 0.3) is 6.08 Å². The number of piperidine rings is 1. The van der Waals surface area contributed by atoms with Crippen molar-refractivity contribution in [2.45, 2.75) is 26.2 Å². The average molecular weight is 404 g/mol. The van der Waals surface area contributed by atoms with Gasteiger partial charge in [-0.25, -0.2) is 0 Å². The maximum Gasteiger partial charge on any atom is 0.246 e. The summed E-state index contributed by atoms with van der Waals surface area (Å²) in [4.78, 5) is 29.4. The molecule has 0 atom stereocenters. The van der Waals surface area contributed by atoms with E-state index in [4.69, 9.17) is 0 Å². The lowest BCUT2D eigenvalue weighted by atomic mass is 9.95. The van der Waals surface area contributed by atoms with Crippen molar-refractivity contribution in [1.29, 1.82) is 0 Å². The van der Waals surface area contributed by atoms with E-state index in [1.165, 1.54) is 11.3 Å². The van der Waals surface area contributed by atoms with Gasteiger partial charge >= 0.3 is 0 Å². The second-order valence-corrected chi connectivity index (χ2v) is 8.01. The van der Waals surface area contributed by atoms with Crippen molar-refractivity contribution in [3.8, 4) is 0 Å². The van der Waals surface area contributed by atoms with Crippen LogP contribution in [0.1, 0.15) is 30.9 Å². The monoisotopic (exact) mass is 403 g/mol. The van der Waals surface area contributed by atoms with E-state index >= 15 is 0 Å². The summed E-state index contributed by atoms with van der Waals surface area (Å²) in [6.07, 6.45) is 5.93. The molecule has 0 spiro atoms. The van der Waals surface area contributed by atoms with Gasteiger partial charge in [-0.15, -0.1) is 0 Å². The predicted octanol–water partition coefficient (Wildman–Crippen LogP) is 3.96. The van der Waals surface area contributed by atoms with Gasteiger partial charge in [-0.2, -0.15) is 0 Å². The lowest BCUT2D eigenvalue weighted by molar-refractivity contribution is -0.130. The number of nitrogens with zero attached hydrogens (tertiary/aromatic N) is 2. The Hall–Kier alpha value is -3.08. The van der Waals surface area contributed by atoms with Gasteiger partial charge in [0.1, 0.15) is 0 Å². The molecule has 5 heteroatoms. The number of rotatable bonds is 5. The summed E-state index contributed by atoms with van der Waals surface area (Å²) in [5.41, 5.74) is 4.46. The molecule has 1 fully saturated rings. The highest BCUT2D eigenvalue weighted by atomic mass is 16.2. The van der Waals surface area contributed by atoms with Crippen LogP contribution in [-0.2, 0) is 16.0 Å². The first-order valence-corrected chi connectivity index (χ1v) is 10.8. The third kappa shape index (κ3) is 4.56. The summed E-state index contributed by atoms with van der Waals surface area (Å²) in [6, 6.07) is 16.0. The summed E-state index contributed by atoms with van der Waals surface area (Å²) in [6.45, 7) is 5.42. The Balaban J connectivity index is 1.29. The number of likely N-dealkylation sites (tertiary alicyclic amines) is 1. The maximum absolute atomic E-state index is 12.8. The standard InChI is InChI=1S/C25H29N3O2/c1-2-27-15-12-20-9-10-22(18-23(20)27)26-25(30)21-13-16-28(17-14-21)24(29)11-8-19-6-4-3-5-7-19/h3-11,18,21H,2,12-17H2,1H3,(H,26,30)/b11-8+. The topological polar surface area (TPSA) is 52.7 Å². The molecule has 5 nitrogen and oxygen atoms in total. The number of benzene rings is 2. The number of carbonyl (C=O) groups excluding carboxylic acids is 2. The Morgan fingerprint density at radius 2 is 1.83 bits per heavy atom. The van der Waals surface area contributed by atoms with Crippen LogP contribution in [-0.4, -0.2) is 42.9 Å². The maximum atomic E-state index is 12.8. The summed E-state index contributed by atoms with van der Waals surface area (Å²) in [5.74, 6) is 0.0154. The minimum atomic E-state index is -0.0531. The van der Waals surface area contributed by atoms with E-state index in [0.717, 1.165) is 30.8 Å². The molecular formula is C25H29N3O2. The van der Waals surface area contributed by atoms with E-state index in [1.807, 2.05) is 47.4 Å². The lowest BCUT2D eigenvalue weighted by Crippen LogP contribution is -2.40. The molecule has 2 aromatic carbocycles. The summed E-state index contributed by atoms with van der Waals surface area (Å²) >= 11 is 0. The zero-order valence-electron chi connectivity index (χ0n) is 17.5. The molecule has 30 heavy (non-hydrogen) atoms. The minimum Gasteiger partial charge on any atom is -0.371 e. The normalized spacial score (nSPS) is 16.7. The molecule has 2 heterocycles. The van der Waals surface area contributed by atoms with Crippen LogP contribution in [0, 0.1) is 5.92 Å². The van der Waals surface area contributed by atoms with Crippen LogP contribution < -0.4 is 10.2 Å². The lowest BCUT2D eigenvalue weighted by Gasteiger charge is -2.30. The number of anilines is 2. The first kappa shape index (κ1) is 20.2. The van der Waals surface area contributed by atoms with Crippen molar-refractivity contribution >= 4 is 29.3 Å². The Morgan fingerprint density at radius 3 is 2.57 bits per heavy atom. The Bertz CT molecular complexity index is 931. The van der Waals surface area contributed by atoms with Gasteiger partial charge in [-0.3, -0.25) is 9.59 Å². The predicted molar refractivity (Wildman–Crippen MR) is 121 cm³/mol. The molecule has 1 N–H and O–H groups in total. The van der Waals surface area contributed by atoms with Crippen LogP contribution >= 0.6 is 0 Å². The van der Waals surface area contributed by atoms with Gasteiger partial charge in [0.15, 0.2) is 0 Å². The van der Waals surface area contributed by atoms with Crippen molar-refractivity contribution in [3.05, 3.63) is 65.7 Å². The fraction of sp³-hybridized carbons (Fsp3) is 0.360. The highest BCUT2D eigenvalue weighted by Gasteiger charge is 2.27. The molecule has 4 rings (SSSR count). The molecule has 2 aromatic rings. The van der Waals surface area contributed by atoms with Crippen LogP contribution in [0.5, 0.6) is 0 Å². The number of hydrogen-bond acceptors (Lipinski definition) is 3. The molecule has 0 saturated carbocycles. The smallest absolute Gasteiger partial charge is 0.246 e. The summed E-state index contributed by atoms with van der Waals surface area (Å²) < 4.78 is 0. The molecule has 0 radical (unpaired) electrons. The van der Waals surface area contributed by atoms with Gasteiger partial charge in [0, 0.05) is 49.5 Å². The molecule has 0 bridgehead atoms. The van der Waals surface area contributed by atoms with Crippen molar-refractivity contribution < 1.29 is 9.59 Å². The first-order chi connectivity index (χ1) is 14.6. The van der Waals surface area contributed by atoms with Gasteiger partial charge in [0.2, 0.25) is 11.8 Å². The molecule has 2 aliphatic heterocycles. The molecule has 0 unspecified atom stereocenters. The number of fused-ring (bicyclic) bond motifs is 1. The first-order valence-electron chi connectivity index (χ1n) is 10.8. The molecule has 2 amide bonds. The fourth-order valence-corrected chi connectivity index (χ4v) is 4.30. The Labute approximate surface area is 178 Å². The third-order valence-corrected chi connectivity index (χ3v) is 6.12. The molecule has 156 valence electrons. The van der Waals surface area contributed by atoms with Crippen LogP contribution in [0.4, 0.5) is 11.4 Å². The van der Waals surface area contributed by atoms with Crippen LogP contribution in [0.15, 0.2) is 54.6 Å². The molecular weight excluding hydrogens is 374 g/mol. The Morgan fingerprint density at radius 1 is 1.07 bits per heavy atom. The number of carbonyl (C=O) groups is 2. The molecule has 0 aromatic heterocycles.